The van der Waals surface area contributed by atoms with Crippen molar-refractivity contribution in [3.63, 3.8) is 0 Å². The van der Waals surface area contributed by atoms with Gasteiger partial charge >= 0.3 is 0 Å². The molecule has 4 heterocycles. The molecular weight excluding hydrogens is 338 g/mol. The van der Waals surface area contributed by atoms with Crippen LogP contribution in [0.15, 0.2) is 24.3 Å². The zero-order valence-electron chi connectivity index (χ0n) is 15.8. The second kappa shape index (κ2) is 6.91. The van der Waals surface area contributed by atoms with Crippen LogP contribution in [-0.2, 0) is 4.79 Å². The topological polar surface area (TPSA) is 73.1 Å². The second-order valence-electron chi connectivity index (χ2n) is 8.63. The van der Waals surface area contributed by atoms with Crippen LogP contribution in [0, 0.1) is 5.41 Å². The van der Waals surface area contributed by atoms with Crippen molar-refractivity contribution < 1.29 is 4.79 Å². The molecule has 3 aliphatic rings. The molecule has 3 fully saturated rings. The average Bonchev–Trinajstić information content (AvgIpc) is 3.33. The lowest BCUT2D eigenvalue weighted by Gasteiger charge is -2.34. The van der Waals surface area contributed by atoms with Gasteiger partial charge in [0, 0.05) is 25.6 Å². The molecule has 1 aromatic heterocycles. The van der Waals surface area contributed by atoms with Crippen LogP contribution in [0.1, 0.15) is 43.8 Å². The van der Waals surface area contributed by atoms with Gasteiger partial charge in [0.05, 0.1) is 17.1 Å². The van der Waals surface area contributed by atoms with E-state index in [9.17, 15) is 4.79 Å². The molecular formula is C21H29N5O. The van der Waals surface area contributed by atoms with Gasteiger partial charge in [-0.05, 0) is 62.7 Å². The van der Waals surface area contributed by atoms with Crippen molar-refractivity contribution in [2.75, 3.05) is 32.7 Å². The number of piperidine rings is 2. The van der Waals surface area contributed by atoms with Crippen molar-refractivity contribution >= 4 is 16.9 Å². The van der Waals surface area contributed by atoms with Crippen molar-refractivity contribution in [2.45, 2.75) is 44.1 Å². The minimum absolute atomic E-state index is 0.0193. The summed E-state index contributed by atoms with van der Waals surface area (Å²) in [5.74, 6) is 1.82. The number of aromatic amines is 1. The monoisotopic (exact) mass is 367 g/mol. The van der Waals surface area contributed by atoms with Gasteiger partial charge in [-0.1, -0.05) is 12.1 Å². The van der Waals surface area contributed by atoms with Crippen LogP contribution in [0.25, 0.3) is 11.0 Å². The zero-order chi connectivity index (χ0) is 18.3. The van der Waals surface area contributed by atoms with Crippen LogP contribution in [0.2, 0.25) is 0 Å². The molecule has 1 amide bonds. The number of imidazole rings is 1. The van der Waals surface area contributed by atoms with Crippen molar-refractivity contribution in [1.29, 1.82) is 0 Å². The van der Waals surface area contributed by atoms with Crippen LogP contribution < -0.4 is 10.6 Å². The summed E-state index contributed by atoms with van der Waals surface area (Å²) in [7, 11) is 0. The Morgan fingerprint density at radius 1 is 1.15 bits per heavy atom. The molecule has 1 spiro atoms. The smallest absolute Gasteiger partial charge is 0.239 e. The summed E-state index contributed by atoms with van der Waals surface area (Å²) in [5, 5.41) is 6.98. The first-order valence-electron chi connectivity index (χ1n) is 10.4. The predicted molar refractivity (Wildman–Crippen MR) is 106 cm³/mol. The highest BCUT2D eigenvalue weighted by Crippen LogP contribution is 2.38. The van der Waals surface area contributed by atoms with E-state index >= 15 is 0 Å². The molecule has 6 heteroatoms. The normalized spacial score (nSPS) is 26.1. The third-order valence-corrected chi connectivity index (χ3v) is 6.92. The number of benzene rings is 1. The van der Waals surface area contributed by atoms with Crippen LogP contribution >= 0.6 is 0 Å². The lowest BCUT2D eigenvalue weighted by molar-refractivity contribution is -0.134. The molecule has 1 atom stereocenters. The number of hydrogen-bond donors (Lipinski definition) is 3. The van der Waals surface area contributed by atoms with E-state index < -0.39 is 0 Å². The molecule has 1 unspecified atom stereocenters. The third-order valence-electron chi connectivity index (χ3n) is 6.92. The van der Waals surface area contributed by atoms with Crippen molar-refractivity contribution in [3.8, 4) is 0 Å². The standard InChI is InChI=1S/C21H29N5O/c27-20(18-13-21(14-23-18)7-9-22-10-8-21)26-11-5-15(6-12-26)19-24-16-3-1-2-4-17(16)25-19/h1-4,15,18,22-23H,5-14H2,(H,24,25). The molecule has 0 bridgehead atoms. The van der Waals surface area contributed by atoms with E-state index in [4.69, 9.17) is 4.98 Å². The Balaban J connectivity index is 1.19. The van der Waals surface area contributed by atoms with Gasteiger partial charge in [0.25, 0.3) is 0 Å². The van der Waals surface area contributed by atoms with E-state index in [1.165, 1.54) is 12.8 Å². The number of fused-ring (bicyclic) bond motifs is 1. The number of carbonyl (C=O) groups excluding carboxylic acids is 1. The summed E-state index contributed by atoms with van der Waals surface area (Å²) < 4.78 is 0. The number of amides is 1. The second-order valence-corrected chi connectivity index (χ2v) is 8.63. The molecule has 3 N–H and O–H groups in total. The van der Waals surface area contributed by atoms with Gasteiger partial charge in [-0.3, -0.25) is 4.79 Å². The molecule has 144 valence electrons. The fourth-order valence-electron chi connectivity index (χ4n) is 5.19. The third kappa shape index (κ3) is 3.25. The van der Waals surface area contributed by atoms with Crippen LogP contribution in [0.5, 0.6) is 0 Å². The van der Waals surface area contributed by atoms with Gasteiger partial charge in [-0.15, -0.1) is 0 Å². The summed E-state index contributed by atoms with van der Waals surface area (Å²) in [5.41, 5.74) is 2.49. The summed E-state index contributed by atoms with van der Waals surface area (Å²) >= 11 is 0. The first-order valence-corrected chi connectivity index (χ1v) is 10.4. The summed E-state index contributed by atoms with van der Waals surface area (Å²) in [6, 6.07) is 8.21. The number of hydrogen-bond acceptors (Lipinski definition) is 4. The lowest BCUT2D eigenvalue weighted by Crippen LogP contribution is -2.46. The highest BCUT2D eigenvalue weighted by Gasteiger charge is 2.43. The summed E-state index contributed by atoms with van der Waals surface area (Å²) in [6.45, 7) is 4.86. The van der Waals surface area contributed by atoms with Crippen molar-refractivity contribution in [2.24, 2.45) is 5.41 Å². The van der Waals surface area contributed by atoms with Gasteiger partial charge in [-0.25, -0.2) is 4.98 Å². The predicted octanol–water partition coefficient (Wildman–Crippen LogP) is 2.00. The van der Waals surface area contributed by atoms with Crippen LogP contribution in [0.4, 0.5) is 0 Å². The molecule has 3 saturated heterocycles. The molecule has 3 aliphatic heterocycles. The number of aromatic nitrogens is 2. The molecule has 2 aromatic rings. The maximum Gasteiger partial charge on any atom is 0.239 e. The number of H-pyrrole nitrogens is 1. The first-order chi connectivity index (χ1) is 13.2. The Morgan fingerprint density at radius 2 is 1.93 bits per heavy atom. The molecule has 6 nitrogen and oxygen atoms in total. The molecule has 0 aliphatic carbocycles. The minimum atomic E-state index is 0.0193. The van der Waals surface area contributed by atoms with E-state index in [1.807, 2.05) is 12.1 Å². The van der Waals surface area contributed by atoms with E-state index in [-0.39, 0.29) is 6.04 Å². The Morgan fingerprint density at radius 3 is 2.70 bits per heavy atom. The quantitative estimate of drug-likeness (QED) is 0.759. The van der Waals surface area contributed by atoms with Gasteiger partial charge in [0.2, 0.25) is 5.91 Å². The SMILES string of the molecule is O=C(C1CC2(CCNCC2)CN1)N1CCC(c2nc3ccccc3[nH]2)CC1. The van der Waals surface area contributed by atoms with Gasteiger partial charge in [0.1, 0.15) is 5.82 Å². The van der Waals surface area contributed by atoms with E-state index in [1.54, 1.807) is 0 Å². The largest absolute Gasteiger partial charge is 0.342 e. The molecule has 27 heavy (non-hydrogen) atoms. The molecule has 0 saturated carbocycles. The average molecular weight is 367 g/mol. The van der Waals surface area contributed by atoms with E-state index in [0.717, 1.165) is 68.8 Å². The van der Waals surface area contributed by atoms with Crippen LogP contribution in [-0.4, -0.2) is 59.5 Å². The molecule has 1 aromatic carbocycles. The Hall–Kier alpha value is -1.92. The Bertz CT molecular complexity index is 784. The Labute approximate surface area is 160 Å². The molecule has 5 rings (SSSR count). The fraction of sp³-hybridized carbons (Fsp3) is 0.619. The Kier molecular flexibility index (Phi) is 4.40. The summed E-state index contributed by atoms with van der Waals surface area (Å²) in [6.07, 6.45) is 5.38. The number of para-hydroxylation sites is 2. The van der Waals surface area contributed by atoms with Crippen molar-refractivity contribution in [1.82, 2.24) is 25.5 Å². The van der Waals surface area contributed by atoms with Gasteiger partial charge in [0.15, 0.2) is 0 Å². The van der Waals surface area contributed by atoms with E-state index in [0.29, 0.717) is 17.2 Å². The number of nitrogens with zero attached hydrogens (tertiary/aromatic N) is 2. The lowest BCUT2D eigenvalue weighted by atomic mass is 9.77. The number of rotatable bonds is 2. The fourth-order valence-corrected chi connectivity index (χ4v) is 5.19. The first kappa shape index (κ1) is 17.2. The van der Waals surface area contributed by atoms with E-state index in [2.05, 4.69) is 32.7 Å². The maximum absolute atomic E-state index is 13.0. The number of nitrogens with one attached hydrogen (secondary N) is 3. The number of likely N-dealkylation sites (tertiary alicyclic amines) is 1. The number of carbonyl (C=O) groups is 1. The minimum Gasteiger partial charge on any atom is -0.342 e. The van der Waals surface area contributed by atoms with Gasteiger partial charge in [-0.2, -0.15) is 0 Å². The summed E-state index contributed by atoms with van der Waals surface area (Å²) in [4.78, 5) is 23.3. The maximum atomic E-state index is 13.0. The highest BCUT2D eigenvalue weighted by molar-refractivity contribution is 5.82. The van der Waals surface area contributed by atoms with Gasteiger partial charge < -0.3 is 20.5 Å². The highest BCUT2D eigenvalue weighted by atomic mass is 16.2. The van der Waals surface area contributed by atoms with Crippen molar-refractivity contribution in [3.05, 3.63) is 30.1 Å². The molecule has 0 radical (unpaired) electrons. The zero-order valence-corrected chi connectivity index (χ0v) is 15.8. The van der Waals surface area contributed by atoms with Crippen LogP contribution in [0.3, 0.4) is 0 Å².